The van der Waals surface area contributed by atoms with Crippen LogP contribution >= 0.6 is 0 Å². The molecule has 16 heavy (non-hydrogen) atoms. The molecule has 1 unspecified atom stereocenters. The molecular weight excluding hydrogens is 208 g/mol. The van der Waals surface area contributed by atoms with Crippen LogP contribution in [-0.4, -0.2) is 6.54 Å². The van der Waals surface area contributed by atoms with E-state index >= 15 is 0 Å². The number of hydrogen-bond acceptors (Lipinski definition) is 1. The van der Waals surface area contributed by atoms with Gasteiger partial charge in [-0.1, -0.05) is 19.9 Å². The first-order valence-electron chi connectivity index (χ1n) is 5.77. The van der Waals surface area contributed by atoms with E-state index in [1.165, 1.54) is 18.2 Å². The zero-order valence-corrected chi connectivity index (χ0v) is 9.69. The van der Waals surface area contributed by atoms with Gasteiger partial charge in [-0.3, -0.25) is 0 Å². The van der Waals surface area contributed by atoms with E-state index in [4.69, 9.17) is 0 Å². The summed E-state index contributed by atoms with van der Waals surface area (Å²) in [7, 11) is 0. The molecule has 0 bridgehead atoms. The monoisotopic (exact) mass is 225 g/mol. The second kappa shape index (κ2) is 4.13. The molecule has 1 aromatic carbocycles. The minimum atomic E-state index is -0.532. The van der Waals surface area contributed by atoms with E-state index in [1.54, 1.807) is 0 Å². The van der Waals surface area contributed by atoms with Gasteiger partial charge in [0, 0.05) is 5.56 Å². The number of halogens is 2. The summed E-state index contributed by atoms with van der Waals surface area (Å²) >= 11 is 0. The molecule has 1 atom stereocenters. The van der Waals surface area contributed by atoms with Crippen molar-refractivity contribution in [3.8, 4) is 0 Å². The van der Waals surface area contributed by atoms with E-state index < -0.39 is 17.2 Å². The third-order valence-electron chi connectivity index (χ3n) is 3.58. The third-order valence-corrected chi connectivity index (χ3v) is 3.58. The van der Waals surface area contributed by atoms with E-state index in [9.17, 15) is 8.78 Å². The molecule has 1 fully saturated rings. The molecule has 3 heteroatoms. The Hall–Kier alpha value is -0.960. The number of benzene rings is 1. The van der Waals surface area contributed by atoms with Crippen molar-refractivity contribution in [2.75, 3.05) is 6.54 Å². The van der Waals surface area contributed by atoms with Crippen LogP contribution < -0.4 is 5.32 Å². The van der Waals surface area contributed by atoms with Crippen molar-refractivity contribution >= 4 is 0 Å². The molecule has 0 saturated carbocycles. The molecule has 1 aliphatic rings. The average Bonchev–Trinajstić information content (AvgIpc) is 2.67. The summed E-state index contributed by atoms with van der Waals surface area (Å²) in [4.78, 5) is 0. The topological polar surface area (TPSA) is 12.0 Å². The smallest absolute Gasteiger partial charge is 0.131 e. The molecular formula is C13H17F2N. The summed E-state index contributed by atoms with van der Waals surface area (Å²) < 4.78 is 27.7. The Balaban J connectivity index is 2.55. The lowest BCUT2D eigenvalue weighted by atomic mass is 9.78. The van der Waals surface area contributed by atoms with Gasteiger partial charge in [0.2, 0.25) is 0 Å². The van der Waals surface area contributed by atoms with Crippen LogP contribution in [0.4, 0.5) is 8.78 Å². The fourth-order valence-electron chi connectivity index (χ4n) is 2.69. The van der Waals surface area contributed by atoms with Crippen LogP contribution in [-0.2, 0) is 5.54 Å². The first kappa shape index (κ1) is 11.5. The van der Waals surface area contributed by atoms with Crippen molar-refractivity contribution < 1.29 is 8.78 Å². The highest BCUT2D eigenvalue weighted by molar-refractivity contribution is 5.30. The molecule has 88 valence electrons. The van der Waals surface area contributed by atoms with E-state index in [0.717, 1.165) is 19.4 Å². The zero-order valence-electron chi connectivity index (χ0n) is 9.69. The van der Waals surface area contributed by atoms with E-state index in [1.807, 2.05) is 13.8 Å². The normalized spacial score (nSPS) is 25.3. The fraction of sp³-hybridized carbons (Fsp3) is 0.538. The number of rotatable bonds is 2. The maximum Gasteiger partial charge on any atom is 0.131 e. The predicted octanol–water partition coefficient (Wildman–Crippen LogP) is 3.20. The lowest BCUT2D eigenvalue weighted by molar-refractivity contribution is 0.257. The van der Waals surface area contributed by atoms with E-state index in [0.29, 0.717) is 0 Å². The van der Waals surface area contributed by atoms with Gasteiger partial charge in [0.15, 0.2) is 0 Å². The largest absolute Gasteiger partial charge is 0.307 e. The number of hydrogen-bond donors (Lipinski definition) is 1. The molecule has 1 heterocycles. The van der Waals surface area contributed by atoms with Gasteiger partial charge in [-0.05, 0) is 37.4 Å². The zero-order chi connectivity index (χ0) is 11.8. The Bertz CT molecular complexity index is 361. The first-order chi connectivity index (χ1) is 7.58. The van der Waals surface area contributed by atoms with Crippen LogP contribution in [0.1, 0.15) is 32.3 Å². The third kappa shape index (κ3) is 1.63. The molecule has 0 amide bonds. The van der Waals surface area contributed by atoms with Gasteiger partial charge >= 0.3 is 0 Å². The van der Waals surface area contributed by atoms with Gasteiger partial charge < -0.3 is 5.32 Å². The average molecular weight is 225 g/mol. The number of nitrogens with one attached hydrogen (secondary N) is 1. The first-order valence-corrected chi connectivity index (χ1v) is 5.77. The van der Waals surface area contributed by atoms with Crippen molar-refractivity contribution in [3.05, 3.63) is 35.4 Å². The molecule has 0 radical (unpaired) electrons. The molecule has 1 aromatic rings. The lowest BCUT2D eigenvalue weighted by Crippen LogP contribution is -2.43. The lowest BCUT2D eigenvalue weighted by Gasteiger charge is -2.35. The Kier molecular flexibility index (Phi) is 2.98. The Morgan fingerprint density at radius 2 is 1.88 bits per heavy atom. The fourth-order valence-corrected chi connectivity index (χ4v) is 2.69. The highest BCUT2D eigenvalue weighted by Crippen LogP contribution is 2.40. The molecule has 0 spiro atoms. The molecule has 0 aliphatic carbocycles. The summed E-state index contributed by atoms with van der Waals surface area (Å²) in [5, 5.41) is 3.29. The van der Waals surface area contributed by atoms with E-state index in [-0.39, 0.29) is 11.5 Å². The van der Waals surface area contributed by atoms with Gasteiger partial charge in [0.25, 0.3) is 0 Å². The minimum absolute atomic E-state index is 0.168. The van der Waals surface area contributed by atoms with Crippen LogP contribution in [0.3, 0.4) is 0 Å². The van der Waals surface area contributed by atoms with Crippen molar-refractivity contribution in [1.82, 2.24) is 5.32 Å². The molecule has 0 aromatic heterocycles. The van der Waals surface area contributed by atoms with Crippen LogP contribution in [0.2, 0.25) is 0 Å². The summed E-state index contributed by atoms with van der Waals surface area (Å²) in [5.74, 6) is -0.715. The highest BCUT2D eigenvalue weighted by atomic mass is 19.1. The maximum absolute atomic E-state index is 13.8. The Morgan fingerprint density at radius 1 is 1.25 bits per heavy atom. The summed E-state index contributed by atoms with van der Waals surface area (Å²) in [6, 6.07) is 4.09. The van der Waals surface area contributed by atoms with Gasteiger partial charge in [-0.25, -0.2) is 8.78 Å². The second-order valence-electron chi connectivity index (χ2n) is 4.75. The molecule has 1 N–H and O–H groups in total. The van der Waals surface area contributed by atoms with Gasteiger partial charge in [0.05, 0.1) is 5.54 Å². The predicted molar refractivity (Wildman–Crippen MR) is 60.1 cm³/mol. The minimum Gasteiger partial charge on any atom is -0.307 e. The van der Waals surface area contributed by atoms with Gasteiger partial charge in [-0.2, -0.15) is 0 Å². The highest BCUT2D eigenvalue weighted by Gasteiger charge is 2.42. The van der Waals surface area contributed by atoms with Crippen molar-refractivity contribution in [2.24, 2.45) is 5.92 Å². The summed E-state index contributed by atoms with van der Waals surface area (Å²) in [5.41, 5.74) is -0.322. The Morgan fingerprint density at radius 3 is 2.31 bits per heavy atom. The summed E-state index contributed by atoms with van der Waals surface area (Å²) in [6.45, 7) is 4.83. The van der Waals surface area contributed by atoms with Crippen LogP contribution in [0.25, 0.3) is 0 Å². The van der Waals surface area contributed by atoms with Crippen LogP contribution in [0.5, 0.6) is 0 Å². The second-order valence-corrected chi connectivity index (χ2v) is 4.75. The van der Waals surface area contributed by atoms with Crippen molar-refractivity contribution in [1.29, 1.82) is 0 Å². The van der Waals surface area contributed by atoms with Gasteiger partial charge in [0.1, 0.15) is 11.6 Å². The Labute approximate surface area is 94.9 Å². The molecule has 1 aliphatic heterocycles. The van der Waals surface area contributed by atoms with Crippen molar-refractivity contribution in [3.63, 3.8) is 0 Å². The van der Waals surface area contributed by atoms with Crippen molar-refractivity contribution in [2.45, 2.75) is 32.2 Å². The summed E-state index contributed by atoms with van der Waals surface area (Å²) in [6.07, 6.45) is 1.76. The maximum atomic E-state index is 13.8. The quantitative estimate of drug-likeness (QED) is 0.815. The van der Waals surface area contributed by atoms with Crippen LogP contribution in [0.15, 0.2) is 18.2 Å². The van der Waals surface area contributed by atoms with E-state index in [2.05, 4.69) is 5.32 Å². The standard InChI is InChI=1S/C13H17F2N/c1-9(2)13(7-4-8-16-13)12-10(14)5-3-6-11(12)15/h3,5-6,9,16H,4,7-8H2,1-2H3. The molecule has 1 nitrogen and oxygen atoms in total. The van der Waals surface area contributed by atoms with Crippen LogP contribution in [0, 0.1) is 17.6 Å². The molecule has 2 rings (SSSR count). The molecule has 1 saturated heterocycles. The SMILES string of the molecule is CC(C)C1(c2c(F)cccc2F)CCCN1. The van der Waals surface area contributed by atoms with Gasteiger partial charge in [-0.15, -0.1) is 0 Å².